The van der Waals surface area contributed by atoms with Crippen LogP contribution in [0.2, 0.25) is 0 Å². The van der Waals surface area contributed by atoms with E-state index in [2.05, 4.69) is 22.1 Å². The molecule has 5 heteroatoms. The van der Waals surface area contributed by atoms with Crippen molar-refractivity contribution in [2.45, 2.75) is 12.8 Å². The van der Waals surface area contributed by atoms with Gasteiger partial charge in [0.25, 0.3) is 5.91 Å². The lowest BCUT2D eigenvalue weighted by atomic mass is 10.3. The van der Waals surface area contributed by atoms with Crippen LogP contribution in [0.1, 0.15) is 12.8 Å². The van der Waals surface area contributed by atoms with Crippen LogP contribution >= 0.6 is 0 Å². The number of amides is 1. The number of carbonyl (C=O) groups is 1. The second-order valence-corrected chi connectivity index (χ2v) is 4.83. The molecule has 1 amide bonds. The van der Waals surface area contributed by atoms with E-state index < -0.39 is 5.82 Å². The first-order valence-electron chi connectivity index (χ1n) is 7.08. The molecular formula is C16H19FN2O2. The van der Waals surface area contributed by atoms with Gasteiger partial charge in [0.2, 0.25) is 0 Å². The molecule has 1 heterocycles. The van der Waals surface area contributed by atoms with E-state index in [1.807, 2.05) is 0 Å². The molecule has 0 atom stereocenters. The number of rotatable bonds is 5. The predicted molar refractivity (Wildman–Crippen MR) is 78.4 cm³/mol. The molecule has 0 unspecified atom stereocenters. The van der Waals surface area contributed by atoms with Crippen molar-refractivity contribution in [2.24, 2.45) is 0 Å². The molecule has 1 fully saturated rings. The van der Waals surface area contributed by atoms with E-state index in [0.717, 1.165) is 19.6 Å². The predicted octanol–water partition coefficient (Wildman–Crippen LogP) is 1.42. The largest absolute Gasteiger partial charge is 0.481 e. The van der Waals surface area contributed by atoms with Crippen molar-refractivity contribution in [1.82, 2.24) is 10.2 Å². The normalized spacial score (nSPS) is 14.3. The Labute approximate surface area is 124 Å². The van der Waals surface area contributed by atoms with Gasteiger partial charge in [-0.15, -0.1) is 0 Å². The number of likely N-dealkylation sites (tertiary alicyclic amines) is 1. The number of halogens is 1. The van der Waals surface area contributed by atoms with Crippen molar-refractivity contribution >= 4 is 5.91 Å². The van der Waals surface area contributed by atoms with E-state index in [9.17, 15) is 9.18 Å². The molecule has 2 rings (SSSR count). The van der Waals surface area contributed by atoms with Crippen LogP contribution in [-0.2, 0) is 4.79 Å². The third-order valence-electron chi connectivity index (χ3n) is 3.20. The topological polar surface area (TPSA) is 41.6 Å². The molecule has 1 aliphatic rings. The second-order valence-electron chi connectivity index (χ2n) is 4.83. The summed E-state index contributed by atoms with van der Waals surface area (Å²) in [5.74, 6) is 5.21. The molecular weight excluding hydrogens is 271 g/mol. The Kier molecular flexibility index (Phi) is 6.04. The third kappa shape index (κ3) is 5.44. The summed E-state index contributed by atoms with van der Waals surface area (Å²) in [6, 6.07) is 5.99. The zero-order valence-electron chi connectivity index (χ0n) is 11.9. The number of hydrogen-bond donors (Lipinski definition) is 1. The average Bonchev–Trinajstić information content (AvgIpc) is 2.99. The number of hydrogen-bond acceptors (Lipinski definition) is 3. The highest BCUT2D eigenvalue weighted by Crippen LogP contribution is 2.14. The number of carbonyl (C=O) groups excluding carboxylic acids is 1. The second kappa shape index (κ2) is 8.28. The summed E-state index contributed by atoms with van der Waals surface area (Å²) < 4.78 is 18.4. The molecule has 4 nitrogen and oxygen atoms in total. The molecule has 112 valence electrons. The van der Waals surface area contributed by atoms with Gasteiger partial charge in [-0.05, 0) is 38.1 Å². The molecule has 1 aromatic carbocycles. The van der Waals surface area contributed by atoms with Gasteiger partial charge in [0.15, 0.2) is 18.2 Å². The summed E-state index contributed by atoms with van der Waals surface area (Å²) in [5.41, 5.74) is 0. The van der Waals surface area contributed by atoms with Gasteiger partial charge in [-0.3, -0.25) is 9.69 Å². The SMILES string of the molecule is O=C(COc1ccccc1F)NCC#CCN1CCCC1. The Bertz CT molecular complexity index is 531. The van der Waals surface area contributed by atoms with E-state index in [1.54, 1.807) is 12.1 Å². The summed E-state index contributed by atoms with van der Waals surface area (Å²) in [6.07, 6.45) is 2.48. The summed E-state index contributed by atoms with van der Waals surface area (Å²) in [6.45, 7) is 3.04. The number of ether oxygens (including phenoxy) is 1. The third-order valence-corrected chi connectivity index (χ3v) is 3.20. The van der Waals surface area contributed by atoms with Crippen molar-refractivity contribution in [2.75, 3.05) is 32.8 Å². The van der Waals surface area contributed by atoms with Crippen LogP contribution in [0, 0.1) is 17.7 Å². The maximum Gasteiger partial charge on any atom is 0.258 e. The van der Waals surface area contributed by atoms with Gasteiger partial charge < -0.3 is 10.1 Å². The fraction of sp³-hybridized carbons (Fsp3) is 0.438. The standard InChI is InChI=1S/C16H19FN2O2/c17-14-7-1-2-8-15(14)21-13-16(20)18-9-3-4-10-19-11-5-6-12-19/h1-2,7-8H,5-6,9-13H2,(H,18,20). The molecule has 0 saturated carbocycles. The van der Waals surface area contributed by atoms with E-state index >= 15 is 0 Å². The van der Waals surface area contributed by atoms with E-state index in [1.165, 1.54) is 25.0 Å². The van der Waals surface area contributed by atoms with Gasteiger partial charge in [-0.25, -0.2) is 4.39 Å². The number of nitrogens with zero attached hydrogens (tertiary/aromatic N) is 1. The lowest BCUT2D eigenvalue weighted by Gasteiger charge is -2.08. The molecule has 1 N–H and O–H groups in total. The first-order valence-corrected chi connectivity index (χ1v) is 7.08. The lowest BCUT2D eigenvalue weighted by molar-refractivity contribution is -0.122. The fourth-order valence-electron chi connectivity index (χ4n) is 2.07. The van der Waals surface area contributed by atoms with E-state index in [4.69, 9.17) is 4.74 Å². The summed E-state index contributed by atoms with van der Waals surface area (Å²) in [7, 11) is 0. The first-order chi connectivity index (χ1) is 10.3. The van der Waals surface area contributed by atoms with Crippen molar-refractivity contribution in [1.29, 1.82) is 0 Å². The van der Waals surface area contributed by atoms with Crippen molar-refractivity contribution in [3.05, 3.63) is 30.1 Å². The van der Waals surface area contributed by atoms with Gasteiger partial charge in [-0.2, -0.15) is 0 Å². The molecule has 0 radical (unpaired) electrons. The Morgan fingerprint density at radius 1 is 1.29 bits per heavy atom. The first kappa shape index (κ1) is 15.3. The molecule has 0 bridgehead atoms. The van der Waals surface area contributed by atoms with Crippen LogP contribution in [0.15, 0.2) is 24.3 Å². The zero-order chi connectivity index (χ0) is 14.9. The van der Waals surface area contributed by atoms with Gasteiger partial charge in [0, 0.05) is 0 Å². The van der Waals surface area contributed by atoms with Crippen LogP contribution in [0.25, 0.3) is 0 Å². The van der Waals surface area contributed by atoms with Gasteiger partial charge in [-0.1, -0.05) is 24.0 Å². The van der Waals surface area contributed by atoms with E-state index in [-0.39, 0.29) is 24.8 Å². The molecule has 0 spiro atoms. The molecule has 1 aliphatic heterocycles. The van der Waals surface area contributed by atoms with E-state index in [0.29, 0.717) is 0 Å². The van der Waals surface area contributed by atoms with Crippen LogP contribution in [0.5, 0.6) is 5.75 Å². The highest BCUT2D eigenvalue weighted by molar-refractivity contribution is 5.77. The average molecular weight is 290 g/mol. The molecule has 0 aromatic heterocycles. The number of para-hydroxylation sites is 1. The molecule has 21 heavy (non-hydrogen) atoms. The van der Waals surface area contributed by atoms with Crippen LogP contribution in [0.3, 0.4) is 0 Å². The molecule has 0 aliphatic carbocycles. The fourth-order valence-corrected chi connectivity index (χ4v) is 2.07. The minimum atomic E-state index is -0.476. The van der Waals surface area contributed by atoms with Crippen molar-refractivity contribution < 1.29 is 13.9 Å². The minimum Gasteiger partial charge on any atom is -0.481 e. The Morgan fingerprint density at radius 3 is 2.81 bits per heavy atom. The monoisotopic (exact) mass is 290 g/mol. The van der Waals surface area contributed by atoms with Gasteiger partial charge in [0.05, 0.1) is 13.1 Å². The molecule has 1 saturated heterocycles. The van der Waals surface area contributed by atoms with Gasteiger partial charge in [0.1, 0.15) is 0 Å². The highest BCUT2D eigenvalue weighted by Gasteiger charge is 2.08. The Morgan fingerprint density at radius 2 is 2.05 bits per heavy atom. The quantitative estimate of drug-likeness (QED) is 0.834. The number of benzene rings is 1. The van der Waals surface area contributed by atoms with Gasteiger partial charge >= 0.3 is 0 Å². The summed E-state index contributed by atoms with van der Waals surface area (Å²) in [5, 5.41) is 2.62. The van der Waals surface area contributed by atoms with Crippen LogP contribution in [-0.4, -0.2) is 43.6 Å². The minimum absolute atomic E-state index is 0.0766. The smallest absolute Gasteiger partial charge is 0.258 e. The summed E-state index contributed by atoms with van der Waals surface area (Å²) >= 11 is 0. The Hall–Kier alpha value is -2.06. The maximum absolute atomic E-state index is 13.3. The van der Waals surface area contributed by atoms with Crippen LogP contribution < -0.4 is 10.1 Å². The van der Waals surface area contributed by atoms with Crippen molar-refractivity contribution in [3.8, 4) is 17.6 Å². The van der Waals surface area contributed by atoms with Crippen molar-refractivity contribution in [3.63, 3.8) is 0 Å². The lowest BCUT2D eigenvalue weighted by Crippen LogP contribution is -2.29. The molecule has 1 aromatic rings. The number of nitrogens with one attached hydrogen (secondary N) is 1. The zero-order valence-corrected chi connectivity index (χ0v) is 11.9. The maximum atomic E-state index is 13.3. The summed E-state index contributed by atoms with van der Waals surface area (Å²) in [4.78, 5) is 13.8. The Balaban J connectivity index is 1.61. The van der Waals surface area contributed by atoms with Crippen LogP contribution in [0.4, 0.5) is 4.39 Å². The highest BCUT2D eigenvalue weighted by atomic mass is 19.1.